The van der Waals surface area contributed by atoms with Crippen LogP contribution in [0.15, 0.2) is 6.07 Å². The van der Waals surface area contributed by atoms with Crippen molar-refractivity contribution in [1.29, 1.82) is 0 Å². The van der Waals surface area contributed by atoms with Gasteiger partial charge < -0.3 is 9.84 Å². The van der Waals surface area contributed by atoms with Crippen molar-refractivity contribution in [3.63, 3.8) is 0 Å². The van der Waals surface area contributed by atoms with Crippen molar-refractivity contribution in [3.05, 3.63) is 17.6 Å². The smallest absolute Gasteiger partial charge is 0.211 e. The Hall–Kier alpha value is -1.96. The maximum atomic E-state index is 9.97. The van der Waals surface area contributed by atoms with E-state index in [1.807, 2.05) is 0 Å². The first kappa shape index (κ1) is 11.5. The summed E-state index contributed by atoms with van der Waals surface area (Å²) in [5, 5.41) is 25.6. The molecule has 1 N–H and O–H groups in total. The van der Waals surface area contributed by atoms with Crippen LogP contribution in [-0.4, -0.2) is 42.2 Å². The second-order valence-electron chi connectivity index (χ2n) is 3.65. The van der Waals surface area contributed by atoms with Crippen LogP contribution in [0.2, 0.25) is 0 Å². The third-order valence-corrected chi connectivity index (χ3v) is 2.33. The van der Waals surface area contributed by atoms with Crippen LogP contribution in [0.1, 0.15) is 17.6 Å². The summed E-state index contributed by atoms with van der Waals surface area (Å²) in [6, 6.07) is 1.68. The fourth-order valence-electron chi connectivity index (χ4n) is 1.51. The van der Waals surface area contributed by atoms with E-state index in [9.17, 15) is 5.11 Å². The lowest BCUT2D eigenvalue weighted by molar-refractivity contribution is 0.170. The van der Waals surface area contributed by atoms with Gasteiger partial charge >= 0.3 is 0 Å². The molecule has 92 valence electrons. The average molecular weight is 238 g/mol. The topological polar surface area (TPSA) is 90.9 Å². The number of hydrogen-bond acceptors (Lipinski definition) is 6. The Morgan fingerprint density at radius 2 is 2.18 bits per heavy atom. The Morgan fingerprint density at radius 1 is 1.41 bits per heavy atom. The van der Waals surface area contributed by atoms with E-state index < -0.39 is 6.10 Å². The van der Waals surface area contributed by atoms with Gasteiger partial charge in [-0.15, -0.1) is 10.2 Å². The van der Waals surface area contributed by atoms with Crippen LogP contribution in [0.3, 0.4) is 0 Å². The van der Waals surface area contributed by atoms with E-state index in [0.717, 1.165) is 0 Å². The first-order valence-electron chi connectivity index (χ1n) is 5.09. The molecule has 0 fully saturated rings. The quantitative estimate of drug-likeness (QED) is 0.752. The van der Waals surface area contributed by atoms with Crippen LogP contribution in [0.4, 0.5) is 0 Å². The van der Waals surface area contributed by atoms with E-state index in [0.29, 0.717) is 17.4 Å². The number of nitrogens with zero attached hydrogens (tertiary/aromatic N) is 6. The number of rotatable bonds is 4. The highest BCUT2D eigenvalue weighted by Crippen LogP contribution is 2.19. The van der Waals surface area contributed by atoms with Crippen LogP contribution in [0, 0.1) is 0 Å². The first-order valence-corrected chi connectivity index (χ1v) is 5.09. The van der Waals surface area contributed by atoms with Crippen molar-refractivity contribution < 1.29 is 9.84 Å². The number of aryl methyl sites for hydroxylation is 2. The highest BCUT2D eigenvalue weighted by Gasteiger charge is 2.17. The predicted molar refractivity (Wildman–Crippen MR) is 57.2 cm³/mol. The summed E-state index contributed by atoms with van der Waals surface area (Å²) in [6.07, 6.45) is -0.497. The van der Waals surface area contributed by atoms with Crippen LogP contribution in [0.5, 0.6) is 5.88 Å². The molecule has 0 aliphatic carbocycles. The maximum Gasteiger partial charge on any atom is 0.211 e. The SMILES string of the molecule is COc1cc(C(O)Cc2nnn(C)n2)nn1C. The Bertz CT molecular complexity index is 505. The highest BCUT2D eigenvalue weighted by atomic mass is 16.5. The van der Waals surface area contributed by atoms with Gasteiger partial charge in [0.2, 0.25) is 5.88 Å². The van der Waals surface area contributed by atoms with Crippen LogP contribution in [0.25, 0.3) is 0 Å². The van der Waals surface area contributed by atoms with Gasteiger partial charge in [0.15, 0.2) is 5.82 Å². The van der Waals surface area contributed by atoms with Crippen molar-refractivity contribution in [2.45, 2.75) is 12.5 Å². The molecule has 1 atom stereocenters. The summed E-state index contributed by atoms with van der Waals surface area (Å²) in [4.78, 5) is 1.35. The van der Waals surface area contributed by atoms with Gasteiger partial charge in [-0.2, -0.15) is 9.90 Å². The zero-order valence-electron chi connectivity index (χ0n) is 9.90. The van der Waals surface area contributed by atoms with E-state index in [-0.39, 0.29) is 6.42 Å². The molecule has 0 saturated carbocycles. The fourth-order valence-corrected chi connectivity index (χ4v) is 1.51. The molecule has 1 unspecified atom stereocenters. The zero-order chi connectivity index (χ0) is 12.4. The normalized spacial score (nSPS) is 12.7. The van der Waals surface area contributed by atoms with Crippen LogP contribution < -0.4 is 4.74 Å². The molecular weight excluding hydrogens is 224 g/mol. The molecular formula is C9H14N6O2. The number of aromatic nitrogens is 6. The lowest BCUT2D eigenvalue weighted by Crippen LogP contribution is -2.05. The van der Waals surface area contributed by atoms with Gasteiger partial charge in [-0.3, -0.25) is 0 Å². The monoisotopic (exact) mass is 238 g/mol. The summed E-state index contributed by atoms with van der Waals surface area (Å²) < 4.78 is 6.63. The van der Waals surface area contributed by atoms with Crippen LogP contribution >= 0.6 is 0 Å². The first-order chi connectivity index (χ1) is 8.10. The molecule has 0 saturated heterocycles. The molecule has 8 heteroatoms. The summed E-state index contributed by atoms with van der Waals surface area (Å²) in [6.45, 7) is 0. The zero-order valence-corrected chi connectivity index (χ0v) is 9.90. The van der Waals surface area contributed by atoms with Crippen molar-refractivity contribution in [1.82, 2.24) is 30.0 Å². The Morgan fingerprint density at radius 3 is 2.71 bits per heavy atom. The summed E-state index contributed by atoms with van der Waals surface area (Å²) in [5.74, 6) is 1.07. The van der Waals surface area contributed by atoms with Gasteiger partial charge in [-0.05, 0) is 5.21 Å². The molecule has 0 bridgehead atoms. The molecule has 2 heterocycles. The molecule has 0 amide bonds. The molecule has 0 aliphatic rings. The van der Waals surface area contributed by atoms with Crippen molar-refractivity contribution in [3.8, 4) is 5.88 Å². The third-order valence-electron chi connectivity index (χ3n) is 2.33. The molecule has 2 rings (SSSR count). The largest absolute Gasteiger partial charge is 0.481 e. The minimum atomic E-state index is -0.769. The maximum absolute atomic E-state index is 9.97. The molecule has 2 aromatic heterocycles. The molecule has 0 spiro atoms. The summed E-state index contributed by atoms with van der Waals surface area (Å²) in [5.41, 5.74) is 0.525. The van der Waals surface area contributed by atoms with E-state index in [2.05, 4.69) is 20.5 Å². The predicted octanol–water partition coefficient (Wildman–Crippen LogP) is -0.772. The van der Waals surface area contributed by atoms with Gasteiger partial charge in [0, 0.05) is 19.5 Å². The number of tetrazole rings is 1. The number of hydrogen-bond donors (Lipinski definition) is 1. The average Bonchev–Trinajstić information content (AvgIpc) is 2.85. The van der Waals surface area contributed by atoms with Gasteiger partial charge in [-0.1, -0.05) is 0 Å². The summed E-state index contributed by atoms with van der Waals surface area (Å²) in [7, 11) is 4.97. The number of aliphatic hydroxyl groups excluding tert-OH is 1. The minimum absolute atomic E-state index is 0.272. The van der Waals surface area contributed by atoms with Crippen molar-refractivity contribution in [2.75, 3.05) is 7.11 Å². The van der Waals surface area contributed by atoms with E-state index in [4.69, 9.17) is 4.74 Å². The van der Waals surface area contributed by atoms with Crippen LogP contribution in [-0.2, 0) is 20.5 Å². The Labute approximate surface area is 97.8 Å². The fraction of sp³-hybridized carbons (Fsp3) is 0.556. The Kier molecular flexibility index (Phi) is 3.05. The molecule has 0 radical (unpaired) electrons. The van der Waals surface area contributed by atoms with Gasteiger partial charge in [0.1, 0.15) is 6.10 Å². The Balaban J connectivity index is 2.11. The lowest BCUT2D eigenvalue weighted by Gasteiger charge is -2.02. The lowest BCUT2D eigenvalue weighted by atomic mass is 10.2. The third kappa shape index (κ3) is 2.41. The standard InChI is InChI=1S/C9H14N6O2/c1-14-9(17-3)4-6(11-14)7(16)5-8-10-13-15(2)12-8/h4,7,16H,5H2,1-3H3. The van der Waals surface area contributed by atoms with Gasteiger partial charge in [-0.25, -0.2) is 4.68 Å². The number of ether oxygens (including phenoxy) is 1. The van der Waals surface area contributed by atoms with Gasteiger partial charge in [0.25, 0.3) is 0 Å². The number of methoxy groups -OCH3 is 1. The molecule has 2 aromatic rings. The molecule has 0 aromatic carbocycles. The van der Waals surface area contributed by atoms with Crippen molar-refractivity contribution >= 4 is 0 Å². The van der Waals surface area contributed by atoms with E-state index in [1.54, 1.807) is 32.0 Å². The second-order valence-corrected chi connectivity index (χ2v) is 3.65. The number of aliphatic hydroxyl groups is 1. The molecule has 17 heavy (non-hydrogen) atoms. The van der Waals surface area contributed by atoms with Crippen molar-refractivity contribution in [2.24, 2.45) is 14.1 Å². The summed E-state index contributed by atoms with van der Waals surface area (Å²) >= 11 is 0. The second kappa shape index (κ2) is 4.50. The van der Waals surface area contributed by atoms with E-state index in [1.165, 1.54) is 4.80 Å². The highest BCUT2D eigenvalue weighted by molar-refractivity contribution is 5.18. The minimum Gasteiger partial charge on any atom is -0.481 e. The molecule has 8 nitrogen and oxygen atoms in total. The van der Waals surface area contributed by atoms with E-state index >= 15 is 0 Å². The van der Waals surface area contributed by atoms with Gasteiger partial charge in [0.05, 0.1) is 19.9 Å². The molecule has 0 aliphatic heterocycles.